The van der Waals surface area contributed by atoms with Crippen LogP contribution >= 0.6 is 18.1 Å². The Labute approximate surface area is 90.1 Å². The molecule has 0 N–H and O–H groups in total. The van der Waals surface area contributed by atoms with Crippen molar-refractivity contribution in [1.82, 2.24) is 4.67 Å². The molecule has 0 spiro atoms. The van der Waals surface area contributed by atoms with Crippen LogP contribution in [0.4, 0.5) is 0 Å². The molecule has 1 aliphatic heterocycles. The normalized spacial score (nSPS) is 21.3. The second-order valence-corrected chi connectivity index (χ2v) is 7.65. The fourth-order valence-corrected chi connectivity index (χ4v) is 5.64. The summed E-state index contributed by atoms with van der Waals surface area (Å²) in [6.07, 6.45) is 5.11. The fourth-order valence-electron chi connectivity index (χ4n) is 1.24. The minimum Gasteiger partial charge on any atom is -0.310 e. The molecule has 0 aromatic rings. The molecule has 0 saturated heterocycles. The van der Waals surface area contributed by atoms with E-state index in [0.29, 0.717) is 6.61 Å². The molecular formula is C9H18NO2PS. The summed E-state index contributed by atoms with van der Waals surface area (Å²) in [5, 5.41) is 0. The molecule has 0 fully saturated rings. The van der Waals surface area contributed by atoms with Gasteiger partial charge in [0.25, 0.3) is 0 Å². The molecule has 0 aromatic carbocycles. The molecule has 0 radical (unpaired) electrons. The predicted octanol–water partition coefficient (Wildman–Crippen LogP) is 3.15. The van der Waals surface area contributed by atoms with Crippen molar-refractivity contribution in [1.29, 1.82) is 0 Å². The SMILES string of the molecule is CCCSP(=O)(OCC)N1CC=CC1. The van der Waals surface area contributed by atoms with Crippen LogP contribution in [0.3, 0.4) is 0 Å². The zero-order valence-electron chi connectivity index (χ0n) is 8.81. The Morgan fingerprint density at radius 2 is 2.07 bits per heavy atom. The number of hydrogen-bond acceptors (Lipinski definition) is 3. The lowest BCUT2D eigenvalue weighted by Crippen LogP contribution is -2.16. The van der Waals surface area contributed by atoms with E-state index in [-0.39, 0.29) is 0 Å². The molecular weight excluding hydrogens is 217 g/mol. The Kier molecular flexibility index (Phi) is 5.24. The lowest BCUT2D eigenvalue weighted by molar-refractivity contribution is 0.304. The third kappa shape index (κ3) is 3.13. The Balaban J connectivity index is 2.55. The first kappa shape index (κ1) is 12.3. The minimum absolute atomic E-state index is 0.518. The molecule has 0 aromatic heterocycles. The molecule has 14 heavy (non-hydrogen) atoms. The lowest BCUT2D eigenvalue weighted by atomic mass is 10.6. The monoisotopic (exact) mass is 235 g/mol. The van der Waals surface area contributed by atoms with E-state index >= 15 is 0 Å². The maximum absolute atomic E-state index is 12.4. The molecule has 0 saturated carbocycles. The van der Waals surface area contributed by atoms with E-state index in [1.165, 1.54) is 11.4 Å². The second-order valence-electron chi connectivity index (χ2n) is 3.06. The van der Waals surface area contributed by atoms with Crippen molar-refractivity contribution in [2.75, 3.05) is 25.4 Å². The standard InChI is InChI=1S/C9H18NO2PS/c1-3-9-14-13(11,12-4-2)10-7-5-6-8-10/h5-6H,3-4,7-9H2,1-2H3. The highest BCUT2D eigenvalue weighted by Crippen LogP contribution is 2.62. The zero-order valence-corrected chi connectivity index (χ0v) is 10.5. The summed E-state index contributed by atoms with van der Waals surface area (Å²) < 4.78 is 19.7. The van der Waals surface area contributed by atoms with Crippen molar-refractivity contribution in [2.45, 2.75) is 20.3 Å². The Bertz CT molecular complexity index is 237. The summed E-state index contributed by atoms with van der Waals surface area (Å²) >= 11 is 1.46. The van der Waals surface area contributed by atoms with Gasteiger partial charge < -0.3 is 4.52 Å². The summed E-state index contributed by atoms with van der Waals surface area (Å²) in [5.74, 6) is 0.897. The summed E-state index contributed by atoms with van der Waals surface area (Å²) in [4.78, 5) is 0. The van der Waals surface area contributed by atoms with E-state index in [1.807, 2.05) is 23.7 Å². The van der Waals surface area contributed by atoms with Crippen LogP contribution in [0.1, 0.15) is 20.3 Å². The van der Waals surface area contributed by atoms with Crippen molar-refractivity contribution in [3.05, 3.63) is 12.2 Å². The maximum atomic E-state index is 12.4. The largest absolute Gasteiger partial charge is 0.329 e. The molecule has 1 heterocycles. The van der Waals surface area contributed by atoms with Gasteiger partial charge >= 0.3 is 6.72 Å². The van der Waals surface area contributed by atoms with Crippen LogP contribution in [0.25, 0.3) is 0 Å². The molecule has 0 aliphatic carbocycles. The van der Waals surface area contributed by atoms with Gasteiger partial charge in [-0.05, 0) is 13.3 Å². The van der Waals surface area contributed by atoms with Gasteiger partial charge in [0.05, 0.1) is 6.61 Å². The van der Waals surface area contributed by atoms with Gasteiger partial charge in [0.2, 0.25) is 0 Å². The minimum atomic E-state index is -2.60. The summed E-state index contributed by atoms with van der Waals surface area (Å²) in [5.41, 5.74) is 0. The van der Waals surface area contributed by atoms with Crippen LogP contribution in [0.15, 0.2) is 12.2 Å². The van der Waals surface area contributed by atoms with Gasteiger partial charge in [-0.1, -0.05) is 30.5 Å². The molecule has 1 atom stereocenters. The van der Waals surface area contributed by atoms with Crippen LogP contribution in [-0.4, -0.2) is 30.1 Å². The van der Waals surface area contributed by atoms with Gasteiger partial charge in [0.1, 0.15) is 0 Å². The molecule has 1 rings (SSSR count). The highest BCUT2D eigenvalue weighted by molar-refractivity contribution is 8.55. The molecule has 3 nitrogen and oxygen atoms in total. The molecule has 1 aliphatic rings. The topological polar surface area (TPSA) is 29.5 Å². The number of hydrogen-bond donors (Lipinski definition) is 0. The van der Waals surface area contributed by atoms with Gasteiger partial charge in [0.15, 0.2) is 0 Å². The van der Waals surface area contributed by atoms with Crippen molar-refractivity contribution < 1.29 is 9.09 Å². The van der Waals surface area contributed by atoms with Crippen LogP contribution in [0.5, 0.6) is 0 Å². The average Bonchev–Trinajstić information content (AvgIpc) is 2.68. The van der Waals surface area contributed by atoms with Gasteiger partial charge in [-0.3, -0.25) is 4.57 Å². The maximum Gasteiger partial charge on any atom is 0.329 e. The zero-order chi connectivity index (χ0) is 10.4. The third-order valence-electron chi connectivity index (χ3n) is 1.90. The summed E-state index contributed by atoms with van der Waals surface area (Å²) in [7, 11) is 0. The first-order valence-electron chi connectivity index (χ1n) is 5.02. The second kappa shape index (κ2) is 5.96. The van der Waals surface area contributed by atoms with E-state index in [2.05, 4.69) is 6.92 Å². The summed E-state index contributed by atoms with van der Waals surface area (Å²) in [6.45, 7) is 3.42. The van der Waals surface area contributed by atoms with Gasteiger partial charge in [0, 0.05) is 18.8 Å². The molecule has 0 bridgehead atoms. The van der Waals surface area contributed by atoms with Crippen LogP contribution in [-0.2, 0) is 9.09 Å². The van der Waals surface area contributed by atoms with Crippen molar-refractivity contribution in [3.8, 4) is 0 Å². The van der Waals surface area contributed by atoms with E-state index in [1.54, 1.807) is 0 Å². The highest BCUT2D eigenvalue weighted by atomic mass is 32.7. The highest BCUT2D eigenvalue weighted by Gasteiger charge is 2.32. The van der Waals surface area contributed by atoms with E-state index in [9.17, 15) is 4.57 Å². The molecule has 82 valence electrons. The first-order chi connectivity index (χ1) is 6.73. The van der Waals surface area contributed by atoms with Crippen LogP contribution < -0.4 is 0 Å². The van der Waals surface area contributed by atoms with Gasteiger partial charge in [-0.15, -0.1) is 0 Å². The first-order valence-corrected chi connectivity index (χ1v) is 8.19. The molecule has 5 heteroatoms. The quantitative estimate of drug-likeness (QED) is 0.522. The fraction of sp³-hybridized carbons (Fsp3) is 0.778. The van der Waals surface area contributed by atoms with Crippen molar-refractivity contribution in [2.24, 2.45) is 0 Å². The molecule has 0 amide bonds. The van der Waals surface area contributed by atoms with Gasteiger partial charge in [-0.25, -0.2) is 4.67 Å². The van der Waals surface area contributed by atoms with Crippen molar-refractivity contribution >= 4 is 18.1 Å². The van der Waals surface area contributed by atoms with Crippen LogP contribution in [0.2, 0.25) is 0 Å². The third-order valence-corrected chi connectivity index (χ3v) is 6.95. The number of rotatable bonds is 6. The summed E-state index contributed by atoms with van der Waals surface area (Å²) in [6, 6.07) is 0. The Hall–Kier alpha value is 0.240. The van der Waals surface area contributed by atoms with E-state index in [0.717, 1.165) is 25.3 Å². The smallest absolute Gasteiger partial charge is 0.310 e. The Morgan fingerprint density at radius 3 is 2.57 bits per heavy atom. The van der Waals surface area contributed by atoms with E-state index < -0.39 is 6.72 Å². The van der Waals surface area contributed by atoms with Crippen molar-refractivity contribution in [3.63, 3.8) is 0 Å². The number of nitrogens with zero attached hydrogens (tertiary/aromatic N) is 1. The molecule has 1 unspecified atom stereocenters. The lowest BCUT2D eigenvalue weighted by Gasteiger charge is -2.25. The Morgan fingerprint density at radius 1 is 1.43 bits per heavy atom. The average molecular weight is 235 g/mol. The van der Waals surface area contributed by atoms with Gasteiger partial charge in [-0.2, -0.15) is 0 Å². The predicted molar refractivity (Wildman–Crippen MR) is 62.7 cm³/mol. The van der Waals surface area contributed by atoms with E-state index in [4.69, 9.17) is 4.52 Å². The van der Waals surface area contributed by atoms with Crippen LogP contribution in [0, 0.1) is 0 Å².